The molecule has 0 saturated heterocycles. The van der Waals surface area contributed by atoms with Gasteiger partial charge in [-0.25, -0.2) is 0 Å². The number of hydrogen-bond acceptors (Lipinski definition) is 1. The lowest BCUT2D eigenvalue weighted by Gasteiger charge is -2.22. The monoisotopic (exact) mass is 375 g/mol. The molecule has 1 nitrogen and oxygen atoms in total. The Morgan fingerprint density at radius 1 is 1.25 bits per heavy atom. The van der Waals surface area contributed by atoms with Crippen molar-refractivity contribution in [2.75, 3.05) is 0 Å². The van der Waals surface area contributed by atoms with Crippen LogP contribution < -0.4 is 5.32 Å². The second-order valence-corrected chi connectivity index (χ2v) is 7.08. The van der Waals surface area contributed by atoms with E-state index in [1.807, 2.05) is 19.1 Å². The Morgan fingerprint density at radius 2 is 1.96 bits per heavy atom. The molecule has 0 spiro atoms. The molecule has 28 heavy (non-hydrogen) atoms. The van der Waals surface area contributed by atoms with Gasteiger partial charge in [-0.2, -0.15) is 0 Å². The standard InChI is InChI=1S/C27H37N/c1-9-14-25(17-20(6)10-2)22(8)28-21(7)18-27-19-26(23(11-3)12-4)16-15-24(27)13-5/h9,11-12,14-15,17-19,26,28H,3,6,8,10,13,16H2,1-2,4-5,7H3/b14-9-,21-18+,23-12+,25-17+. The van der Waals surface area contributed by atoms with Crippen molar-refractivity contribution in [3.05, 3.63) is 108 Å². The summed E-state index contributed by atoms with van der Waals surface area (Å²) in [7, 11) is 0. The Bertz CT molecular complexity index is 775. The fourth-order valence-corrected chi connectivity index (χ4v) is 3.30. The van der Waals surface area contributed by atoms with Crippen molar-refractivity contribution in [1.82, 2.24) is 5.32 Å². The van der Waals surface area contributed by atoms with E-state index in [2.05, 4.69) is 89.2 Å². The first-order valence-corrected chi connectivity index (χ1v) is 10.3. The third kappa shape index (κ3) is 6.88. The van der Waals surface area contributed by atoms with E-state index in [0.717, 1.165) is 41.8 Å². The topological polar surface area (TPSA) is 12.0 Å². The summed E-state index contributed by atoms with van der Waals surface area (Å²) < 4.78 is 0. The first kappa shape index (κ1) is 23.5. The molecule has 1 rings (SSSR count). The van der Waals surface area contributed by atoms with Gasteiger partial charge in [-0.3, -0.25) is 0 Å². The molecule has 1 heteroatoms. The molecular formula is C27H37N. The molecule has 0 aromatic heterocycles. The van der Waals surface area contributed by atoms with Crippen LogP contribution in [-0.4, -0.2) is 0 Å². The summed E-state index contributed by atoms with van der Waals surface area (Å²) >= 11 is 0. The van der Waals surface area contributed by atoms with Crippen LogP contribution >= 0.6 is 0 Å². The predicted molar refractivity (Wildman–Crippen MR) is 127 cm³/mol. The third-order valence-corrected chi connectivity index (χ3v) is 4.98. The van der Waals surface area contributed by atoms with E-state index in [-0.39, 0.29) is 0 Å². The van der Waals surface area contributed by atoms with E-state index in [9.17, 15) is 0 Å². The highest BCUT2D eigenvalue weighted by Crippen LogP contribution is 2.31. The Labute approximate surface area is 173 Å². The van der Waals surface area contributed by atoms with Crippen molar-refractivity contribution >= 4 is 0 Å². The van der Waals surface area contributed by atoms with Crippen LogP contribution in [0.4, 0.5) is 0 Å². The summed E-state index contributed by atoms with van der Waals surface area (Å²) in [5, 5.41) is 3.46. The van der Waals surface area contributed by atoms with Gasteiger partial charge < -0.3 is 5.32 Å². The second-order valence-electron chi connectivity index (χ2n) is 7.08. The van der Waals surface area contributed by atoms with Crippen molar-refractivity contribution in [1.29, 1.82) is 0 Å². The third-order valence-electron chi connectivity index (χ3n) is 4.98. The molecule has 1 aliphatic carbocycles. The highest BCUT2D eigenvalue weighted by atomic mass is 14.9. The number of rotatable bonds is 10. The van der Waals surface area contributed by atoms with Gasteiger partial charge in [0, 0.05) is 17.3 Å². The van der Waals surface area contributed by atoms with Crippen molar-refractivity contribution in [3.8, 4) is 0 Å². The normalized spacial score (nSPS) is 18.6. The molecule has 1 unspecified atom stereocenters. The lowest BCUT2D eigenvalue weighted by Crippen LogP contribution is -2.12. The van der Waals surface area contributed by atoms with Crippen LogP contribution in [0.3, 0.4) is 0 Å². The minimum Gasteiger partial charge on any atom is -0.359 e. The van der Waals surface area contributed by atoms with Crippen LogP contribution in [0.1, 0.15) is 53.9 Å². The van der Waals surface area contributed by atoms with Gasteiger partial charge in [-0.05, 0) is 68.4 Å². The smallest absolute Gasteiger partial charge is 0.0382 e. The Balaban J connectivity index is 3.10. The van der Waals surface area contributed by atoms with E-state index in [1.165, 1.54) is 16.7 Å². The zero-order valence-corrected chi connectivity index (χ0v) is 18.4. The van der Waals surface area contributed by atoms with Crippen molar-refractivity contribution in [2.24, 2.45) is 5.92 Å². The molecule has 0 aliphatic heterocycles. The minimum absolute atomic E-state index is 0.395. The number of hydrogen-bond donors (Lipinski definition) is 1. The Kier molecular flexibility index (Phi) is 10.1. The fraction of sp³-hybridized carbons (Fsp3) is 0.333. The Morgan fingerprint density at radius 3 is 2.50 bits per heavy atom. The maximum absolute atomic E-state index is 4.23. The van der Waals surface area contributed by atoms with E-state index in [4.69, 9.17) is 0 Å². The Hall–Kier alpha value is -2.54. The van der Waals surface area contributed by atoms with Crippen molar-refractivity contribution in [3.63, 3.8) is 0 Å². The molecule has 0 heterocycles. The summed E-state index contributed by atoms with van der Waals surface area (Å²) in [6.07, 6.45) is 20.3. The van der Waals surface area contributed by atoms with Crippen LogP contribution in [0.2, 0.25) is 0 Å². The van der Waals surface area contributed by atoms with Gasteiger partial charge in [0.2, 0.25) is 0 Å². The molecule has 0 aromatic carbocycles. The summed E-state index contributed by atoms with van der Waals surface area (Å²) in [6, 6.07) is 0. The van der Waals surface area contributed by atoms with Gasteiger partial charge in [0.15, 0.2) is 0 Å². The number of allylic oxidation sites excluding steroid dienone is 13. The zero-order chi connectivity index (χ0) is 21.1. The van der Waals surface area contributed by atoms with Crippen LogP contribution in [0, 0.1) is 5.92 Å². The molecule has 1 atom stereocenters. The van der Waals surface area contributed by atoms with Gasteiger partial charge in [-0.1, -0.05) is 81.7 Å². The number of nitrogens with one attached hydrogen (secondary N) is 1. The molecule has 0 bridgehead atoms. The van der Waals surface area contributed by atoms with Gasteiger partial charge >= 0.3 is 0 Å². The molecule has 0 radical (unpaired) electrons. The van der Waals surface area contributed by atoms with E-state index in [1.54, 1.807) is 0 Å². The summed E-state index contributed by atoms with van der Waals surface area (Å²) in [6.45, 7) is 22.8. The highest BCUT2D eigenvalue weighted by Gasteiger charge is 2.15. The molecule has 0 amide bonds. The van der Waals surface area contributed by atoms with E-state index >= 15 is 0 Å². The van der Waals surface area contributed by atoms with Crippen LogP contribution in [0.15, 0.2) is 108 Å². The summed E-state index contributed by atoms with van der Waals surface area (Å²) in [4.78, 5) is 0. The van der Waals surface area contributed by atoms with E-state index < -0.39 is 0 Å². The largest absolute Gasteiger partial charge is 0.359 e. The van der Waals surface area contributed by atoms with Crippen molar-refractivity contribution in [2.45, 2.75) is 53.9 Å². The highest BCUT2D eigenvalue weighted by molar-refractivity contribution is 5.48. The van der Waals surface area contributed by atoms with Crippen LogP contribution in [0.25, 0.3) is 0 Å². The van der Waals surface area contributed by atoms with Crippen molar-refractivity contribution < 1.29 is 0 Å². The van der Waals surface area contributed by atoms with Crippen LogP contribution in [0.5, 0.6) is 0 Å². The molecular weight excluding hydrogens is 338 g/mol. The maximum atomic E-state index is 4.23. The van der Waals surface area contributed by atoms with Gasteiger partial charge in [0.1, 0.15) is 0 Å². The van der Waals surface area contributed by atoms with E-state index in [0.29, 0.717) is 5.92 Å². The zero-order valence-electron chi connectivity index (χ0n) is 18.4. The first-order valence-electron chi connectivity index (χ1n) is 10.3. The predicted octanol–water partition coefficient (Wildman–Crippen LogP) is 7.88. The van der Waals surface area contributed by atoms with Gasteiger partial charge in [0.05, 0.1) is 0 Å². The lowest BCUT2D eigenvalue weighted by atomic mass is 9.84. The molecule has 150 valence electrons. The minimum atomic E-state index is 0.395. The summed E-state index contributed by atoms with van der Waals surface area (Å²) in [5.74, 6) is 0.395. The quantitative estimate of drug-likeness (QED) is 0.383. The average Bonchev–Trinajstić information content (AvgIpc) is 2.68. The molecule has 0 aromatic rings. The molecule has 0 fully saturated rings. The summed E-state index contributed by atoms with van der Waals surface area (Å²) in [5.41, 5.74) is 8.08. The SMILES string of the molecule is C=C/C(=C\C)C1C=C(/C=C(\C)NC(=C)C(/C=C\C)=C/C(=C)CC)C(CC)=CC1. The molecule has 1 N–H and O–H groups in total. The van der Waals surface area contributed by atoms with Gasteiger partial charge in [-0.15, -0.1) is 0 Å². The van der Waals surface area contributed by atoms with Crippen LogP contribution in [-0.2, 0) is 0 Å². The fourth-order valence-electron chi connectivity index (χ4n) is 3.30. The molecule has 1 aliphatic rings. The average molecular weight is 376 g/mol. The first-order chi connectivity index (χ1) is 13.4. The molecule has 0 saturated carbocycles. The second kappa shape index (κ2) is 12.0. The maximum Gasteiger partial charge on any atom is 0.0382 e. The lowest BCUT2D eigenvalue weighted by molar-refractivity contribution is 0.764. The van der Waals surface area contributed by atoms with Gasteiger partial charge in [0.25, 0.3) is 0 Å².